The van der Waals surface area contributed by atoms with E-state index in [1.54, 1.807) is 17.5 Å². The molecule has 1 saturated heterocycles. The molecule has 31 heavy (non-hydrogen) atoms. The molecule has 1 atom stereocenters. The molecule has 0 spiro atoms. The van der Waals surface area contributed by atoms with Crippen molar-refractivity contribution in [1.82, 2.24) is 19.8 Å². The highest BCUT2D eigenvalue weighted by Crippen LogP contribution is 2.32. The molecular formula is C23H25N5O2S. The van der Waals surface area contributed by atoms with Crippen LogP contribution in [0.5, 0.6) is 0 Å². The van der Waals surface area contributed by atoms with Gasteiger partial charge in [0, 0.05) is 18.5 Å². The molecule has 160 valence electrons. The second-order valence-corrected chi connectivity index (χ2v) is 10.4. The van der Waals surface area contributed by atoms with Crippen LogP contribution in [0.15, 0.2) is 52.4 Å². The molecule has 2 aromatic heterocycles. The average molecular weight is 436 g/mol. The Bertz CT molecular complexity index is 1410. The zero-order chi connectivity index (χ0) is 21.8. The van der Waals surface area contributed by atoms with Crippen LogP contribution in [0.4, 0.5) is 5.82 Å². The highest BCUT2D eigenvalue weighted by Gasteiger charge is 2.29. The first-order chi connectivity index (χ1) is 14.9. The van der Waals surface area contributed by atoms with Crippen LogP contribution < -0.4 is 4.90 Å². The fraction of sp³-hybridized carbons (Fsp3) is 0.348. The van der Waals surface area contributed by atoms with Crippen LogP contribution in [0.1, 0.15) is 30.9 Å². The summed E-state index contributed by atoms with van der Waals surface area (Å²) >= 11 is 0. The van der Waals surface area contributed by atoms with E-state index in [2.05, 4.69) is 22.1 Å². The third kappa shape index (κ3) is 3.26. The Hall–Kier alpha value is -3.00. The molecule has 3 heterocycles. The summed E-state index contributed by atoms with van der Waals surface area (Å²) < 4.78 is 28.7. The number of anilines is 1. The molecule has 5 rings (SSSR count). The summed E-state index contributed by atoms with van der Waals surface area (Å²) in [4.78, 5) is 7.36. The summed E-state index contributed by atoms with van der Waals surface area (Å²) in [7, 11) is -3.88. The Balaban J connectivity index is 1.77. The quantitative estimate of drug-likeness (QED) is 0.485. The van der Waals surface area contributed by atoms with Gasteiger partial charge >= 0.3 is 0 Å². The van der Waals surface area contributed by atoms with Crippen molar-refractivity contribution >= 4 is 32.2 Å². The Morgan fingerprint density at radius 2 is 1.90 bits per heavy atom. The average Bonchev–Trinajstić information content (AvgIpc) is 3.20. The maximum absolute atomic E-state index is 13.6. The third-order valence-electron chi connectivity index (χ3n) is 6.05. The lowest BCUT2D eigenvalue weighted by Gasteiger charge is -2.32. The number of aryl methyl sites for hydroxylation is 2. The van der Waals surface area contributed by atoms with Crippen molar-refractivity contribution in [3.63, 3.8) is 0 Å². The van der Waals surface area contributed by atoms with Crippen molar-refractivity contribution in [2.45, 2.75) is 43.5 Å². The number of para-hydroxylation sites is 1. The summed E-state index contributed by atoms with van der Waals surface area (Å²) in [6, 6.07) is 13.2. The second kappa shape index (κ2) is 7.30. The summed E-state index contributed by atoms with van der Waals surface area (Å²) in [6.07, 6.45) is 2.28. The van der Waals surface area contributed by atoms with Gasteiger partial charge in [0.2, 0.25) is 14.9 Å². The van der Waals surface area contributed by atoms with Gasteiger partial charge < -0.3 is 4.90 Å². The third-order valence-corrected chi connectivity index (χ3v) is 7.84. The summed E-state index contributed by atoms with van der Waals surface area (Å²) in [6.45, 7) is 7.71. The van der Waals surface area contributed by atoms with Crippen LogP contribution >= 0.6 is 0 Å². The molecule has 1 unspecified atom stereocenters. The van der Waals surface area contributed by atoms with E-state index < -0.39 is 9.84 Å². The van der Waals surface area contributed by atoms with E-state index in [9.17, 15) is 8.42 Å². The lowest BCUT2D eigenvalue weighted by atomic mass is 10.00. The fourth-order valence-corrected chi connectivity index (χ4v) is 5.98. The van der Waals surface area contributed by atoms with Crippen molar-refractivity contribution in [1.29, 1.82) is 0 Å². The van der Waals surface area contributed by atoms with E-state index in [1.165, 1.54) is 6.42 Å². The van der Waals surface area contributed by atoms with Crippen LogP contribution in [-0.2, 0) is 9.84 Å². The predicted molar refractivity (Wildman–Crippen MR) is 120 cm³/mol. The molecule has 1 fully saturated rings. The highest BCUT2D eigenvalue weighted by atomic mass is 32.2. The van der Waals surface area contributed by atoms with Crippen molar-refractivity contribution in [2.75, 3.05) is 18.0 Å². The molecule has 7 nitrogen and oxygen atoms in total. The van der Waals surface area contributed by atoms with E-state index in [0.29, 0.717) is 11.5 Å². The minimum absolute atomic E-state index is 0.0988. The molecular weight excluding hydrogens is 410 g/mol. The van der Waals surface area contributed by atoms with Crippen LogP contribution in [0.25, 0.3) is 16.6 Å². The number of hydrogen-bond acceptors (Lipinski definition) is 6. The topological polar surface area (TPSA) is 80.5 Å². The molecule has 1 aliphatic heterocycles. The molecule has 4 aromatic rings. The molecule has 0 radical (unpaired) electrons. The van der Waals surface area contributed by atoms with E-state index in [-0.39, 0.29) is 15.6 Å². The SMILES string of the molecule is Cc1ccc(C)c(S(=O)(=O)c2nnn3c2nc(N2CCCC(C)C2)c2ccccc23)c1. The standard InChI is InChI=1S/C23H25N5O2S/c1-15-10-11-17(3)20(13-15)31(29,30)23-22-24-21(27-12-6-7-16(2)14-27)18-8-4-5-9-19(18)28(22)26-25-23/h4-5,8-11,13,16H,6-7,12,14H2,1-3H3. The highest BCUT2D eigenvalue weighted by molar-refractivity contribution is 7.91. The first-order valence-electron chi connectivity index (χ1n) is 10.6. The minimum Gasteiger partial charge on any atom is -0.356 e. The van der Waals surface area contributed by atoms with Crippen LogP contribution in [-0.4, -0.2) is 41.3 Å². The maximum Gasteiger partial charge on any atom is 0.229 e. The minimum atomic E-state index is -3.88. The smallest absolute Gasteiger partial charge is 0.229 e. The number of fused-ring (bicyclic) bond motifs is 3. The zero-order valence-electron chi connectivity index (χ0n) is 17.9. The number of hydrogen-bond donors (Lipinski definition) is 0. The number of nitrogens with zero attached hydrogens (tertiary/aromatic N) is 5. The van der Waals surface area contributed by atoms with Gasteiger partial charge in [-0.25, -0.2) is 13.4 Å². The van der Waals surface area contributed by atoms with Gasteiger partial charge in [0.25, 0.3) is 0 Å². The van der Waals surface area contributed by atoms with Gasteiger partial charge in [-0.3, -0.25) is 0 Å². The van der Waals surface area contributed by atoms with Gasteiger partial charge in [0.1, 0.15) is 5.82 Å². The summed E-state index contributed by atoms with van der Waals surface area (Å²) in [5.41, 5.74) is 2.63. The Labute approximate surface area is 181 Å². The van der Waals surface area contributed by atoms with Gasteiger partial charge in [-0.15, -0.1) is 5.10 Å². The van der Waals surface area contributed by atoms with Gasteiger partial charge in [0.05, 0.1) is 10.4 Å². The molecule has 0 N–H and O–H groups in total. The monoisotopic (exact) mass is 435 g/mol. The van der Waals surface area contributed by atoms with E-state index in [0.717, 1.165) is 41.8 Å². The Kier molecular flexibility index (Phi) is 4.69. The number of sulfone groups is 1. The van der Waals surface area contributed by atoms with E-state index >= 15 is 0 Å². The van der Waals surface area contributed by atoms with E-state index in [4.69, 9.17) is 4.98 Å². The van der Waals surface area contributed by atoms with Crippen molar-refractivity contribution in [3.05, 3.63) is 53.6 Å². The van der Waals surface area contributed by atoms with Gasteiger partial charge in [-0.05, 0) is 61.9 Å². The predicted octanol–water partition coefficient (Wildman–Crippen LogP) is 3.96. The van der Waals surface area contributed by atoms with Crippen LogP contribution in [0.3, 0.4) is 0 Å². The van der Waals surface area contributed by atoms with Crippen LogP contribution in [0, 0.1) is 19.8 Å². The zero-order valence-corrected chi connectivity index (χ0v) is 18.7. The molecule has 1 aliphatic rings. The Morgan fingerprint density at radius 1 is 1.10 bits per heavy atom. The van der Waals surface area contributed by atoms with Crippen LogP contribution in [0.2, 0.25) is 0 Å². The van der Waals surface area contributed by atoms with E-state index in [1.807, 2.05) is 43.3 Å². The molecule has 0 bridgehead atoms. The lowest BCUT2D eigenvalue weighted by molar-refractivity contribution is 0.445. The largest absolute Gasteiger partial charge is 0.356 e. The van der Waals surface area contributed by atoms with Crippen molar-refractivity contribution in [3.8, 4) is 0 Å². The normalized spacial score (nSPS) is 17.5. The molecule has 0 aliphatic carbocycles. The Morgan fingerprint density at radius 3 is 2.71 bits per heavy atom. The first-order valence-corrected chi connectivity index (χ1v) is 12.1. The maximum atomic E-state index is 13.6. The molecule has 0 saturated carbocycles. The molecule has 0 amide bonds. The second-order valence-electron chi connectivity index (χ2n) is 8.55. The summed E-state index contributed by atoms with van der Waals surface area (Å²) in [5.74, 6) is 1.36. The molecule has 8 heteroatoms. The number of piperidine rings is 1. The van der Waals surface area contributed by atoms with Gasteiger partial charge in [0.15, 0.2) is 5.65 Å². The van der Waals surface area contributed by atoms with Gasteiger partial charge in [-0.2, -0.15) is 4.52 Å². The van der Waals surface area contributed by atoms with Gasteiger partial charge in [-0.1, -0.05) is 36.4 Å². The first kappa shape index (κ1) is 19.9. The molecule has 2 aromatic carbocycles. The number of benzene rings is 2. The van der Waals surface area contributed by atoms with Crippen molar-refractivity contribution in [2.24, 2.45) is 5.92 Å². The summed E-state index contributed by atoms with van der Waals surface area (Å²) in [5, 5.41) is 9.16. The number of rotatable bonds is 3. The number of aromatic nitrogens is 4. The van der Waals surface area contributed by atoms with Crippen molar-refractivity contribution < 1.29 is 8.42 Å². The lowest BCUT2D eigenvalue weighted by Crippen LogP contribution is -2.35. The fourth-order valence-electron chi connectivity index (χ4n) is 4.43.